The number of aromatic amines is 1. The molecule has 1 aromatic carbocycles. The smallest absolute Gasteiger partial charge is 0.347 e. The highest BCUT2D eigenvalue weighted by atomic mass is 16.7. The van der Waals surface area contributed by atoms with Gasteiger partial charge in [-0.3, -0.25) is 19.4 Å². The number of piperidine rings is 1. The van der Waals surface area contributed by atoms with Gasteiger partial charge in [-0.05, 0) is 99.4 Å². The standard InChI is InChI=1S/C50H62N6O9/c1-9-45(60)25-31-26-47(43(58)62-7,40-33(15-19-54(27-31)28-45)34-22-32(12-13-37(34)51-40)56-20-14-29(3)52-56)36-23-35-38(24-39(36)61-6)53(5)50-48(35)17-21-55-18-11-16-46(10-2,41(48)55)42(64-30(4)57)49(50,65-50)44(59)63-8/h11-14,16,20,22-24,31,36,39,41-42,51,60H,9-10,15,17-19,21,25-28H2,1-8H3/t31-,36?,39?,41+,42-,45+,46-,47+,48-,49+,50+/m1/s1. The molecule has 1 saturated carbocycles. The first-order valence-corrected chi connectivity index (χ1v) is 23.5. The van der Waals surface area contributed by atoms with Gasteiger partial charge in [0.1, 0.15) is 5.41 Å². The number of ether oxygens (including phenoxy) is 5. The highest BCUT2D eigenvalue weighted by Gasteiger charge is 2.99. The van der Waals surface area contributed by atoms with E-state index in [9.17, 15) is 14.7 Å². The van der Waals surface area contributed by atoms with Crippen LogP contribution in [-0.2, 0) is 49.9 Å². The number of nitrogens with one attached hydrogen (secondary N) is 1. The summed E-state index contributed by atoms with van der Waals surface area (Å²) in [7, 11) is 6.48. The number of allylic oxidation sites excluding steroid dienone is 1. The van der Waals surface area contributed by atoms with Crippen molar-refractivity contribution in [2.75, 3.05) is 61.1 Å². The third-order valence-electron chi connectivity index (χ3n) is 17.5. The van der Waals surface area contributed by atoms with Gasteiger partial charge in [-0.2, -0.15) is 5.10 Å². The van der Waals surface area contributed by atoms with Crippen LogP contribution in [0.3, 0.4) is 0 Å². The minimum atomic E-state index is -1.66. The molecule has 5 fully saturated rings. The number of epoxide rings is 1. The topological polar surface area (TPSA) is 164 Å². The van der Waals surface area contributed by atoms with Gasteiger partial charge < -0.3 is 38.7 Å². The second kappa shape index (κ2) is 14.4. The molecule has 2 aliphatic carbocycles. The number of H-pyrrole nitrogens is 1. The second-order valence-electron chi connectivity index (χ2n) is 20.3. The molecule has 2 bridgehead atoms. The van der Waals surface area contributed by atoms with Crippen LogP contribution in [0.4, 0.5) is 0 Å². The van der Waals surface area contributed by atoms with E-state index in [4.69, 9.17) is 28.8 Å². The van der Waals surface area contributed by atoms with E-state index in [0.717, 1.165) is 44.8 Å². The Morgan fingerprint density at radius 2 is 1.83 bits per heavy atom. The van der Waals surface area contributed by atoms with E-state index < -0.39 is 63.2 Å². The van der Waals surface area contributed by atoms with Crippen LogP contribution in [0.2, 0.25) is 0 Å². The van der Waals surface area contributed by atoms with Gasteiger partial charge >= 0.3 is 17.9 Å². The van der Waals surface area contributed by atoms with Crippen molar-refractivity contribution in [3.8, 4) is 5.69 Å². The zero-order chi connectivity index (χ0) is 45.6. The van der Waals surface area contributed by atoms with Gasteiger partial charge in [-0.15, -0.1) is 0 Å². The minimum absolute atomic E-state index is 0.0825. The van der Waals surface area contributed by atoms with E-state index >= 15 is 4.79 Å². The van der Waals surface area contributed by atoms with Crippen molar-refractivity contribution in [3.63, 3.8) is 0 Å². The molecule has 2 spiro atoms. The van der Waals surface area contributed by atoms with Crippen LogP contribution < -0.4 is 0 Å². The molecule has 15 heteroatoms. The highest BCUT2D eigenvalue weighted by Crippen LogP contribution is 2.82. The lowest BCUT2D eigenvalue weighted by Gasteiger charge is -2.58. The van der Waals surface area contributed by atoms with Crippen molar-refractivity contribution in [2.45, 2.75) is 107 Å². The molecule has 8 heterocycles. The quantitative estimate of drug-likeness (QED) is 0.141. The average molecular weight is 891 g/mol. The maximum absolute atomic E-state index is 15.7. The average Bonchev–Trinajstić information content (AvgIpc) is 3.62. The lowest BCUT2D eigenvalue weighted by molar-refractivity contribution is -0.182. The highest BCUT2D eigenvalue weighted by molar-refractivity contribution is 5.93. The van der Waals surface area contributed by atoms with E-state index in [-0.39, 0.29) is 17.9 Å². The predicted molar refractivity (Wildman–Crippen MR) is 239 cm³/mol. The van der Waals surface area contributed by atoms with Crippen LogP contribution in [0.15, 0.2) is 66.0 Å². The van der Waals surface area contributed by atoms with Crippen LogP contribution >= 0.6 is 0 Å². The van der Waals surface area contributed by atoms with E-state index in [0.29, 0.717) is 71.2 Å². The maximum atomic E-state index is 15.7. The molecule has 8 aliphatic rings. The van der Waals surface area contributed by atoms with Crippen molar-refractivity contribution in [2.24, 2.45) is 22.7 Å². The van der Waals surface area contributed by atoms with Crippen LogP contribution in [0.1, 0.15) is 69.8 Å². The summed E-state index contributed by atoms with van der Waals surface area (Å²) in [5, 5.41) is 17.9. The number of aromatic nitrogens is 3. The van der Waals surface area contributed by atoms with Crippen LogP contribution in [0.5, 0.6) is 0 Å². The van der Waals surface area contributed by atoms with E-state index in [1.165, 1.54) is 21.1 Å². The molecule has 6 aliphatic heterocycles. The Bertz CT molecular complexity index is 2620. The summed E-state index contributed by atoms with van der Waals surface area (Å²) >= 11 is 0. The van der Waals surface area contributed by atoms with Gasteiger partial charge in [0.2, 0.25) is 0 Å². The molecular formula is C50H62N6O9. The van der Waals surface area contributed by atoms with E-state index in [1.54, 1.807) is 7.11 Å². The molecule has 346 valence electrons. The zero-order valence-corrected chi connectivity index (χ0v) is 38.8. The number of esters is 3. The number of likely N-dealkylation sites (tertiary alicyclic amines) is 1. The maximum Gasteiger partial charge on any atom is 0.347 e. The van der Waals surface area contributed by atoms with E-state index in [1.807, 2.05) is 43.9 Å². The number of likely N-dealkylation sites (N-methyl/N-ethyl adjacent to an activating group) is 1. The Kier molecular flexibility index (Phi) is 9.45. The van der Waals surface area contributed by atoms with Gasteiger partial charge in [0.25, 0.3) is 5.60 Å². The molecule has 3 aromatic rings. The van der Waals surface area contributed by atoms with Crippen molar-refractivity contribution in [3.05, 3.63) is 83.0 Å². The summed E-state index contributed by atoms with van der Waals surface area (Å²) in [6, 6.07) is 8.02. The number of rotatable bonds is 8. The largest absolute Gasteiger partial charge is 0.468 e. The van der Waals surface area contributed by atoms with Crippen molar-refractivity contribution in [1.82, 2.24) is 29.5 Å². The number of nitrogens with zero attached hydrogens (tertiary/aromatic N) is 5. The van der Waals surface area contributed by atoms with Crippen LogP contribution in [-0.4, -0.2) is 149 Å². The Labute approximate surface area is 379 Å². The van der Waals surface area contributed by atoms with Gasteiger partial charge in [0, 0.05) is 93.1 Å². The Morgan fingerprint density at radius 3 is 2.52 bits per heavy atom. The van der Waals surface area contributed by atoms with E-state index in [2.05, 4.69) is 63.0 Å². The van der Waals surface area contributed by atoms with Crippen LogP contribution in [0, 0.1) is 29.6 Å². The predicted octanol–water partition coefficient (Wildman–Crippen LogP) is 4.49. The van der Waals surface area contributed by atoms with Gasteiger partial charge in [0.15, 0.2) is 11.8 Å². The number of hydrogen-bond acceptors (Lipinski definition) is 13. The Balaban J connectivity index is 1.18. The lowest BCUT2D eigenvalue weighted by atomic mass is 9.48. The van der Waals surface area contributed by atoms with Gasteiger partial charge in [-0.1, -0.05) is 32.1 Å². The summed E-state index contributed by atoms with van der Waals surface area (Å²) in [5.74, 6) is -2.17. The third kappa shape index (κ3) is 5.24. The molecule has 12 atom stereocenters. The number of methoxy groups -OCH3 is 3. The first-order chi connectivity index (χ1) is 31.2. The second-order valence-corrected chi connectivity index (χ2v) is 20.3. The molecule has 65 heavy (non-hydrogen) atoms. The zero-order valence-electron chi connectivity index (χ0n) is 38.8. The number of carbonyl (C=O) groups excluding carboxylic acids is 3. The van der Waals surface area contributed by atoms with Crippen LogP contribution in [0.25, 0.3) is 16.6 Å². The number of carbonyl (C=O) groups is 3. The molecular weight excluding hydrogens is 829 g/mol. The van der Waals surface area contributed by atoms with Crippen molar-refractivity contribution in [1.29, 1.82) is 0 Å². The Morgan fingerprint density at radius 1 is 1.03 bits per heavy atom. The molecule has 0 radical (unpaired) electrons. The molecule has 11 rings (SSSR count). The molecule has 2 aromatic heterocycles. The number of fused-ring (bicyclic) bond motifs is 6. The number of benzene rings is 1. The molecule has 3 unspecified atom stereocenters. The molecule has 0 amide bonds. The molecule has 2 N–H and O–H groups in total. The first-order valence-electron chi connectivity index (χ1n) is 23.5. The van der Waals surface area contributed by atoms with Gasteiger partial charge in [-0.25, -0.2) is 9.48 Å². The first kappa shape index (κ1) is 42.8. The summed E-state index contributed by atoms with van der Waals surface area (Å²) in [6.45, 7) is 10.9. The summed E-state index contributed by atoms with van der Waals surface area (Å²) in [6.07, 6.45) is 12.4. The summed E-state index contributed by atoms with van der Waals surface area (Å²) in [5.41, 5.74) is -0.507. The Hall–Kier alpha value is -4.80. The number of aryl methyl sites for hydroxylation is 1. The number of hydrogen-bond donors (Lipinski definition) is 2. The van der Waals surface area contributed by atoms with Crippen molar-refractivity contribution >= 4 is 28.8 Å². The van der Waals surface area contributed by atoms with Crippen molar-refractivity contribution < 1.29 is 43.2 Å². The molecule has 4 saturated heterocycles. The minimum Gasteiger partial charge on any atom is -0.468 e. The summed E-state index contributed by atoms with van der Waals surface area (Å²) in [4.78, 5) is 54.3. The van der Waals surface area contributed by atoms with Gasteiger partial charge in [0.05, 0.1) is 42.7 Å². The lowest BCUT2D eigenvalue weighted by Crippen LogP contribution is -2.73. The third-order valence-corrected chi connectivity index (χ3v) is 17.5. The fourth-order valence-electron chi connectivity index (χ4n) is 15.1. The fraction of sp³-hybridized carbons (Fsp3) is 0.600. The molecule has 15 nitrogen and oxygen atoms in total. The SMILES string of the molecule is CC[C@]1(O)C[C@H]2CN(CCc3c([nH]c4ccc(-n5ccc(C)n5)cc34)[C@@](C(=O)OC)(C3C=C4C(=CC3OC)N(C)[C@@]35O[C@]3(C(=O)OC)[C@H](OC(C)=O)[C@]3(CC)C=CCN6CC[C@]45[C@@H]63)C2)C1. The monoisotopic (exact) mass is 890 g/mol. The summed E-state index contributed by atoms with van der Waals surface area (Å²) < 4.78 is 33.8. The fourth-order valence-corrected chi connectivity index (χ4v) is 15.1. The number of aliphatic hydroxyl groups is 1. The normalized spacial score (nSPS) is 39.9.